The number of para-hydroxylation sites is 1. The van der Waals surface area contributed by atoms with E-state index in [2.05, 4.69) is 240 Å². The van der Waals surface area contributed by atoms with Crippen molar-refractivity contribution in [1.29, 1.82) is 0 Å². The average molecular weight is 845 g/mol. The van der Waals surface area contributed by atoms with Crippen molar-refractivity contribution in [3.05, 3.63) is 254 Å². The molecule has 2 N–H and O–H groups in total. The Kier molecular flexibility index (Phi) is 9.69. The molecule has 11 aromatic rings. The van der Waals surface area contributed by atoms with E-state index in [-0.39, 0.29) is 0 Å². The molecule has 0 bridgehead atoms. The number of fused-ring (bicyclic) bond motifs is 6. The molecule has 0 radical (unpaired) electrons. The minimum atomic E-state index is 0.796. The largest absolute Gasteiger partial charge is 0.405 e. The average Bonchev–Trinajstić information content (AvgIpc) is 3.90. The van der Waals surface area contributed by atoms with Gasteiger partial charge in [0.25, 0.3) is 0 Å². The molecule has 3 aromatic heterocycles. The number of allylic oxidation sites excluding steroid dienone is 4. The lowest BCUT2D eigenvalue weighted by Gasteiger charge is -2.16. The fraction of sp³-hybridized carbons (Fsp3) is 0.0161. The van der Waals surface area contributed by atoms with Crippen LogP contribution >= 0.6 is 0 Å². The van der Waals surface area contributed by atoms with Crippen molar-refractivity contribution >= 4 is 38.8 Å². The Morgan fingerprint density at radius 1 is 0.394 bits per heavy atom. The van der Waals surface area contributed by atoms with Crippen LogP contribution in [-0.4, -0.2) is 14.1 Å². The van der Waals surface area contributed by atoms with Gasteiger partial charge in [-0.2, -0.15) is 0 Å². The molecule has 0 spiro atoms. The highest BCUT2D eigenvalue weighted by molar-refractivity contribution is 6.11. The van der Waals surface area contributed by atoms with E-state index in [9.17, 15) is 0 Å². The molecule has 8 aromatic carbocycles. The summed E-state index contributed by atoms with van der Waals surface area (Å²) in [5.74, 6) is 0. The number of nitrogens with two attached hydrogens (primary N) is 1. The molecular weight excluding hydrogens is 801 g/mol. The summed E-state index contributed by atoms with van der Waals surface area (Å²) in [5.41, 5.74) is 26.2. The first-order valence-electron chi connectivity index (χ1n) is 22.5. The number of rotatable bonds is 8. The monoisotopic (exact) mass is 844 g/mol. The Morgan fingerprint density at radius 2 is 0.939 bits per heavy atom. The van der Waals surface area contributed by atoms with Gasteiger partial charge in [-0.05, 0) is 117 Å². The van der Waals surface area contributed by atoms with Gasteiger partial charge in [-0.25, -0.2) is 4.98 Å². The second-order valence-corrected chi connectivity index (χ2v) is 17.0. The van der Waals surface area contributed by atoms with Crippen LogP contribution in [0.5, 0.6) is 0 Å². The third-order valence-electron chi connectivity index (χ3n) is 13.0. The summed E-state index contributed by atoms with van der Waals surface area (Å²) in [4.78, 5) is 5.24. The van der Waals surface area contributed by atoms with Crippen LogP contribution in [0.1, 0.15) is 11.3 Å². The Labute approximate surface area is 384 Å². The quantitative estimate of drug-likeness (QED) is 0.166. The van der Waals surface area contributed by atoms with Gasteiger partial charge in [0.2, 0.25) is 0 Å². The van der Waals surface area contributed by atoms with Crippen LogP contribution in [0, 0.1) is 0 Å². The second kappa shape index (κ2) is 16.4. The Balaban J connectivity index is 1.05. The van der Waals surface area contributed by atoms with E-state index in [4.69, 9.17) is 10.7 Å². The molecule has 0 unspecified atom stereocenters. The first-order chi connectivity index (χ1) is 32.7. The number of hydrogen-bond donors (Lipinski definition) is 1. The van der Waals surface area contributed by atoms with E-state index in [1.165, 1.54) is 66.3 Å². The zero-order valence-electron chi connectivity index (χ0n) is 36.2. The topological polar surface area (TPSA) is 48.8 Å². The van der Waals surface area contributed by atoms with Crippen molar-refractivity contribution in [3.8, 4) is 67.3 Å². The second-order valence-electron chi connectivity index (χ2n) is 17.0. The van der Waals surface area contributed by atoms with Gasteiger partial charge < -0.3 is 14.9 Å². The highest BCUT2D eigenvalue weighted by atomic mass is 15.0. The lowest BCUT2D eigenvalue weighted by molar-refractivity contribution is 1.06. The number of aromatic nitrogens is 3. The van der Waals surface area contributed by atoms with Gasteiger partial charge in [-0.3, -0.25) is 0 Å². The van der Waals surface area contributed by atoms with Gasteiger partial charge in [0, 0.05) is 39.4 Å². The highest BCUT2D eigenvalue weighted by Crippen LogP contribution is 2.41. The predicted octanol–water partition coefficient (Wildman–Crippen LogP) is 15.4. The Bertz CT molecular complexity index is 3590. The first kappa shape index (κ1) is 38.9. The number of benzene rings is 8. The van der Waals surface area contributed by atoms with Crippen LogP contribution in [0.4, 0.5) is 0 Å². The molecule has 0 fully saturated rings. The fourth-order valence-corrected chi connectivity index (χ4v) is 9.86. The number of nitrogens with zero attached hydrogens (tertiary/aromatic N) is 3. The van der Waals surface area contributed by atoms with Gasteiger partial charge >= 0.3 is 0 Å². The summed E-state index contributed by atoms with van der Waals surface area (Å²) in [6, 6.07) is 76.6. The molecule has 1 aliphatic carbocycles. The van der Waals surface area contributed by atoms with Crippen LogP contribution in [0.2, 0.25) is 0 Å². The van der Waals surface area contributed by atoms with Crippen LogP contribution in [0.25, 0.3) is 106 Å². The van der Waals surface area contributed by atoms with Crippen LogP contribution in [-0.2, 0) is 6.42 Å². The first-order valence-corrected chi connectivity index (χ1v) is 22.5. The van der Waals surface area contributed by atoms with Crippen molar-refractivity contribution in [2.24, 2.45) is 5.73 Å². The van der Waals surface area contributed by atoms with Crippen molar-refractivity contribution in [1.82, 2.24) is 14.1 Å². The predicted molar refractivity (Wildman–Crippen MR) is 277 cm³/mol. The van der Waals surface area contributed by atoms with Crippen LogP contribution in [0.15, 0.2) is 242 Å². The van der Waals surface area contributed by atoms with Gasteiger partial charge in [0.15, 0.2) is 0 Å². The van der Waals surface area contributed by atoms with Crippen molar-refractivity contribution in [3.63, 3.8) is 0 Å². The molecule has 0 aliphatic heterocycles. The summed E-state index contributed by atoms with van der Waals surface area (Å²) in [6.07, 6.45) is 10.9. The van der Waals surface area contributed by atoms with Crippen molar-refractivity contribution in [2.45, 2.75) is 6.42 Å². The van der Waals surface area contributed by atoms with E-state index in [1.54, 1.807) is 6.20 Å². The van der Waals surface area contributed by atoms with E-state index in [1.807, 2.05) is 6.08 Å². The normalized spacial score (nSPS) is 13.1. The summed E-state index contributed by atoms with van der Waals surface area (Å²) in [5, 5.41) is 3.66. The Hall–Kier alpha value is -8.73. The van der Waals surface area contributed by atoms with E-state index >= 15 is 0 Å². The molecule has 312 valence electrons. The molecule has 3 heterocycles. The maximum Gasteiger partial charge on any atom is 0.0730 e. The standard InChI is InChI=1S/C62H44N4/c63-33-15-16-42-27-31-60-55(34-42)54-30-28-48(39-62(54)66(60)52-40-57(45-21-9-3-10-22-45)64-58(41-52)46-23-11-4-12-24-46)47-29-32-61-56(38-47)53-25-13-14-26-59(53)65(61)51-36-49(43-17-5-1-6-18-43)35-50(37-51)44-19-7-2-8-20-44/h1-33,35-41H,34,63H2/b33-15-,42-16-. The van der Waals surface area contributed by atoms with Gasteiger partial charge in [-0.1, -0.05) is 170 Å². The van der Waals surface area contributed by atoms with Crippen molar-refractivity contribution in [2.75, 3.05) is 0 Å². The minimum absolute atomic E-state index is 0.796. The molecule has 0 amide bonds. The number of hydrogen-bond acceptors (Lipinski definition) is 2. The zero-order valence-corrected chi connectivity index (χ0v) is 36.2. The van der Waals surface area contributed by atoms with Gasteiger partial charge in [0.05, 0.1) is 39.3 Å². The summed E-state index contributed by atoms with van der Waals surface area (Å²) in [7, 11) is 0. The van der Waals surface area contributed by atoms with E-state index in [0.717, 1.165) is 57.0 Å². The highest BCUT2D eigenvalue weighted by Gasteiger charge is 2.23. The van der Waals surface area contributed by atoms with Gasteiger partial charge in [-0.15, -0.1) is 0 Å². The molecule has 66 heavy (non-hydrogen) atoms. The third kappa shape index (κ3) is 6.93. The lowest BCUT2D eigenvalue weighted by Crippen LogP contribution is -2.03. The summed E-state index contributed by atoms with van der Waals surface area (Å²) < 4.78 is 4.88. The van der Waals surface area contributed by atoms with Crippen molar-refractivity contribution < 1.29 is 0 Å². The van der Waals surface area contributed by atoms with Crippen LogP contribution in [0.3, 0.4) is 0 Å². The van der Waals surface area contributed by atoms with Gasteiger partial charge in [0.1, 0.15) is 0 Å². The maximum absolute atomic E-state index is 5.80. The Morgan fingerprint density at radius 3 is 1.58 bits per heavy atom. The van der Waals surface area contributed by atoms with E-state index < -0.39 is 0 Å². The third-order valence-corrected chi connectivity index (χ3v) is 13.0. The lowest BCUT2D eigenvalue weighted by atomic mass is 9.95. The molecule has 1 aliphatic rings. The smallest absolute Gasteiger partial charge is 0.0730 e. The number of pyridine rings is 1. The molecule has 12 rings (SSSR count). The summed E-state index contributed by atoms with van der Waals surface area (Å²) >= 11 is 0. The van der Waals surface area contributed by atoms with E-state index in [0.29, 0.717) is 0 Å². The molecular formula is C62H44N4. The summed E-state index contributed by atoms with van der Waals surface area (Å²) in [6.45, 7) is 0. The maximum atomic E-state index is 5.80. The molecule has 0 atom stereocenters. The van der Waals surface area contributed by atoms with Crippen LogP contribution < -0.4 is 5.73 Å². The zero-order chi connectivity index (χ0) is 44.0. The SMILES string of the molecule is N/C=C\C=C1\C=Cc2c(c3ccc(-c4ccc5c(c4)c4ccccc4n5-c4cc(-c5ccccc5)cc(-c5ccccc5)c4)cc3n2-c2cc(-c3ccccc3)nc(-c3ccccc3)c2)C1. The molecule has 0 saturated heterocycles. The minimum Gasteiger partial charge on any atom is -0.405 e. The molecule has 4 nitrogen and oxygen atoms in total. The molecule has 0 saturated carbocycles. The molecule has 4 heteroatoms. The fourth-order valence-electron chi connectivity index (χ4n) is 9.86.